The molecule has 8 nitrogen and oxygen atoms in total. The van der Waals surface area contributed by atoms with E-state index in [0.717, 1.165) is 94.4 Å². The zero-order valence-corrected chi connectivity index (χ0v) is 21.3. The van der Waals surface area contributed by atoms with Crippen LogP contribution in [0.5, 0.6) is 0 Å². The molecule has 1 saturated heterocycles. The quantitative estimate of drug-likeness (QED) is 0.457. The fourth-order valence-corrected chi connectivity index (χ4v) is 5.10. The first-order chi connectivity index (χ1) is 16.5. The van der Waals surface area contributed by atoms with Crippen molar-refractivity contribution in [2.45, 2.75) is 64.0 Å². The second-order valence-electron chi connectivity index (χ2n) is 9.99. The summed E-state index contributed by atoms with van der Waals surface area (Å²) < 4.78 is 10.7. The van der Waals surface area contributed by atoms with Gasteiger partial charge in [-0.2, -0.15) is 0 Å². The van der Waals surface area contributed by atoms with Gasteiger partial charge in [0.1, 0.15) is 18.3 Å². The largest absolute Gasteiger partial charge is 0.383 e. The number of anilines is 1. The fraction of sp³-hybridized carbons (Fsp3) is 0.720. The summed E-state index contributed by atoms with van der Waals surface area (Å²) in [6, 6.07) is 3.05. The van der Waals surface area contributed by atoms with Crippen LogP contribution in [0.4, 0.5) is 5.82 Å². The topological polar surface area (TPSA) is 92.2 Å². The number of rotatable bonds is 9. The second kappa shape index (κ2) is 12.3. The molecule has 3 aliphatic rings. The Labute approximate surface area is 208 Å². The first-order valence-electron chi connectivity index (χ1n) is 12.6. The maximum Gasteiger partial charge on any atom is 0.131 e. The van der Waals surface area contributed by atoms with Crippen LogP contribution in [0.1, 0.15) is 57.4 Å². The summed E-state index contributed by atoms with van der Waals surface area (Å²) >= 11 is 6.56. The molecule has 0 radical (unpaired) electrons. The number of hydrogen-bond donors (Lipinski definition) is 3. The molecule has 1 saturated carbocycles. The number of nitrogens with one attached hydrogen (secondary N) is 3. The zero-order chi connectivity index (χ0) is 23.8. The van der Waals surface area contributed by atoms with Gasteiger partial charge in [-0.05, 0) is 50.0 Å². The lowest BCUT2D eigenvalue weighted by Gasteiger charge is -2.34. The lowest BCUT2D eigenvalue weighted by atomic mass is 9.82. The number of amidine groups is 1. The van der Waals surface area contributed by atoms with Crippen LogP contribution in [0.15, 0.2) is 22.2 Å². The summed E-state index contributed by atoms with van der Waals surface area (Å²) in [7, 11) is 1.74. The van der Waals surface area contributed by atoms with Crippen LogP contribution < -0.4 is 16.0 Å². The average Bonchev–Trinajstić information content (AvgIpc) is 2.86. The fourth-order valence-electron chi connectivity index (χ4n) is 4.89. The molecular weight excluding hydrogens is 452 g/mol. The Balaban J connectivity index is 1.30. The minimum Gasteiger partial charge on any atom is -0.383 e. The van der Waals surface area contributed by atoms with Crippen LogP contribution in [-0.2, 0) is 9.47 Å². The van der Waals surface area contributed by atoms with Crippen molar-refractivity contribution in [2.24, 2.45) is 15.4 Å². The van der Waals surface area contributed by atoms with E-state index in [2.05, 4.69) is 37.8 Å². The molecule has 0 aromatic carbocycles. The molecule has 2 aliphatic heterocycles. The Morgan fingerprint density at radius 3 is 2.68 bits per heavy atom. The smallest absolute Gasteiger partial charge is 0.131 e. The minimum absolute atomic E-state index is 0.249. The van der Waals surface area contributed by atoms with Crippen molar-refractivity contribution in [3.8, 4) is 0 Å². The van der Waals surface area contributed by atoms with Gasteiger partial charge in [0.05, 0.1) is 17.3 Å². The number of methoxy groups -OCH3 is 1. The van der Waals surface area contributed by atoms with Crippen molar-refractivity contribution in [1.82, 2.24) is 15.6 Å². The van der Waals surface area contributed by atoms with Crippen molar-refractivity contribution in [3.05, 3.63) is 22.8 Å². The van der Waals surface area contributed by atoms with Gasteiger partial charge in [-0.15, -0.1) is 0 Å². The molecule has 0 atom stereocenters. The van der Waals surface area contributed by atoms with Gasteiger partial charge in [-0.25, -0.2) is 9.98 Å². The van der Waals surface area contributed by atoms with Crippen molar-refractivity contribution in [3.63, 3.8) is 0 Å². The lowest BCUT2D eigenvalue weighted by molar-refractivity contribution is 0.0261. The maximum absolute atomic E-state index is 6.56. The highest BCUT2D eigenvalue weighted by molar-refractivity contribution is 6.35. The molecule has 9 heteroatoms. The number of nitrogens with zero attached hydrogens (tertiary/aromatic N) is 3. The van der Waals surface area contributed by atoms with Crippen molar-refractivity contribution in [2.75, 3.05) is 52.0 Å². The van der Waals surface area contributed by atoms with Gasteiger partial charge >= 0.3 is 0 Å². The van der Waals surface area contributed by atoms with Gasteiger partial charge in [0.25, 0.3) is 0 Å². The summed E-state index contributed by atoms with van der Waals surface area (Å²) in [5, 5.41) is 11.4. The van der Waals surface area contributed by atoms with Gasteiger partial charge in [0, 0.05) is 63.7 Å². The molecule has 1 aromatic heterocycles. The zero-order valence-electron chi connectivity index (χ0n) is 20.5. The molecule has 1 aliphatic carbocycles. The van der Waals surface area contributed by atoms with Crippen molar-refractivity contribution < 1.29 is 9.47 Å². The molecule has 0 bridgehead atoms. The summed E-state index contributed by atoms with van der Waals surface area (Å²) in [5.41, 5.74) is 2.16. The molecule has 0 amide bonds. The SMILES string of the molecule is COCCNC1CCC(Nc2cc(C3=NCN=C(NCC4(C)CCOCC4)C3)c(Cl)cn2)CC1. The normalized spacial score (nSPS) is 24.8. The van der Waals surface area contributed by atoms with Gasteiger partial charge in [-0.1, -0.05) is 18.5 Å². The Hall–Kier alpha value is -1.74. The molecule has 188 valence electrons. The highest BCUT2D eigenvalue weighted by Crippen LogP contribution is 2.29. The standard InChI is InChI=1S/C25H39ClN6O2/c1-25(7-10-34-11-8-25)16-29-23-14-22(30-17-31-23)20-13-24(28-15-21(20)26)32-19-5-3-18(4-6-19)27-9-12-33-2/h13,15,18-19,27H,3-12,14,16-17H2,1-2H3,(H,28,32)(H,29,31). The molecule has 2 fully saturated rings. The minimum atomic E-state index is 0.249. The van der Waals surface area contributed by atoms with Gasteiger partial charge in [0.2, 0.25) is 0 Å². The molecule has 4 rings (SSSR count). The van der Waals surface area contributed by atoms with Crippen LogP contribution in [0.25, 0.3) is 0 Å². The molecule has 1 aromatic rings. The molecule has 0 spiro atoms. The van der Waals surface area contributed by atoms with E-state index in [-0.39, 0.29) is 5.41 Å². The Bertz CT molecular complexity index is 863. The number of aromatic nitrogens is 1. The highest BCUT2D eigenvalue weighted by atomic mass is 35.5. The van der Waals surface area contributed by atoms with E-state index in [1.807, 2.05) is 6.07 Å². The molecular formula is C25H39ClN6O2. The third-order valence-corrected chi connectivity index (χ3v) is 7.56. The van der Waals surface area contributed by atoms with Crippen LogP contribution in [-0.4, -0.2) is 75.3 Å². The number of ether oxygens (including phenoxy) is 2. The molecule has 0 unspecified atom stereocenters. The maximum atomic E-state index is 6.56. The Morgan fingerprint density at radius 2 is 1.91 bits per heavy atom. The third-order valence-electron chi connectivity index (χ3n) is 7.26. The monoisotopic (exact) mass is 490 g/mol. The van der Waals surface area contributed by atoms with Gasteiger partial charge in [0.15, 0.2) is 0 Å². The predicted octanol–water partition coefficient (Wildman–Crippen LogP) is 3.65. The highest BCUT2D eigenvalue weighted by Gasteiger charge is 2.28. The third kappa shape index (κ3) is 7.13. The summed E-state index contributed by atoms with van der Waals surface area (Å²) in [5.74, 6) is 1.85. The number of halogens is 1. The number of aliphatic imine (C=N–C) groups is 2. The molecule has 3 heterocycles. The average molecular weight is 491 g/mol. The van der Waals surface area contributed by atoms with Gasteiger partial charge in [-0.3, -0.25) is 4.99 Å². The predicted molar refractivity (Wildman–Crippen MR) is 138 cm³/mol. The Kier molecular flexibility index (Phi) is 9.17. The van der Waals surface area contributed by atoms with Crippen molar-refractivity contribution >= 4 is 29.0 Å². The second-order valence-corrected chi connectivity index (χ2v) is 10.4. The van der Waals surface area contributed by atoms with E-state index < -0.39 is 0 Å². The van der Waals surface area contributed by atoms with Crippen LogP contribution in [0.2, 0.25) is 5.02 Å². The van der Waals surface area contributed by atoms with E-state index in [0.29, 0.717) is 30.2 Å². The summed E-state index contributed by atoms with van der Waals surface area (Å²) in [6.45, 7) is 7.01. The first kappa shape index (κ1) is 25.4. The van der Waals surface area contributed by atoms with E-state index >= 15 is 0 Å². The van der Waals surface area contributed by atoms with Crippen LogP contribution >= 0.6 is 11.6 Å². The lowest BCUT2D eigenvalue weighted by Crippen LogP contribution is -2.40. The molecule has 3 N–H and O–H groups in total. The van der Waals surface area contributed by atoms with E-state index in [4.69, 9.17) is 21.1 Å². The number of hydrogen-bond acceptors (Lipinski definition) is 8. The van der Waals surface area contributed by atoms with E-state index in [1.54, 1.807) is 13.3 Å². The molecule has 34 heavy (non-hydrogen) atoms. The number of pyridine rings is 1. The first-order valence-corrected chi connectivity index (χ1v) is 13.0. The van der Waals surface area contributed by atoms with Crippen molar-refractivity contribution in [1.29, 1.82) is 0 Å². The van der Waals surface area contributed by atoms with Gasteiger partial charge < -0.3 is 25.4 Å². The van der Waals surface area contributed by atoms with E-state index in [9.17, 15) is 0 Å². The van der Waals surface area contributed by atoms with Crippen LogP contribution in [0, 0.1) is 5.41 Å². The Morgan fingerprint density at radius 1 is 1.15 bits per heavy atom. The summed E-state index contributed by atoms with van der Waals surface area (Å²) in [6.07, 6.45) is 9.10. The van der Waals surface area contributed by atoms with E-state index in [1.165, 1.54) is 0 Å². The summed E-state index contributed by atoms with van der Waals surface area (Å²) in [4.78, 5) is 13.8. The van der Waals surface area contributed by atoms with Crippen LogP contribution in [0.3, 0.4) is 0 Å².